The van der Waals surface area contributed by atoms with Crippen molar-refractivity contribution >= 4 is 5.97 Å². The summed E-state index contributed by atoms with van der Waals surface area (Å²) in [4.78, 5) is 16.5. The second kappa shape index (κ2) is 5.83. The highest BCUT2D eigenvalue weighted by atomic mass is 16.5. The van der Waals surface area contributed by atoms with E-state index in [1.807, 2.05) is 30.3 Å². The normalized spacial score (nSPS) is 13.8. The van der Waals surface area contributed by atoms with Crippen LogP contribution in [0.15, 0.2) is 36.7 Å². The summed E-state index contributed by atoms with van der Waals surface area (Å²) in [7, 11) is 3.15. The number of ether oxygens (including phenoxy) is 1. The van der Waals surface area contributed by atoms with Gasteiger partial charge in [0.05, 0.1) is 7.11 Å². The van der Waals surface area contributed by atoms with Crippen LogP contribution in [0.1, 0.15) is 11.4 Å². The van der Waals surface area contributed by atoms with Crippen LogP contribution in [-0.2, 0) is 28.4 Å². The van der Waals surface area contributed by atoms with Crippen molar-refractivity contribution in [3.63, 3.8) is 0 Å². The largest absolute Gasteiger partial charge is 0.468 e. The monoisotopic (exact) mass is 274 g/mol. The standard InChI is InChI=1S/C14H18N4O2/c1-18-12(16-10-17-18)8-14(9-15,13(19)20-2)11-6-4-3-5-7-11/h3-7,10H,8-9,15H2,1-2H3. The molecule has 2 N–H and O–H groups in total. The lowest BCUT2D eigenvalue weighted by Crippen LogP contribution is -2.46. The number of benzene rings is 1. The predicted octanol–water partition coefficient (Wildman–Crippen LogP) is 0.427. The third-order valence-electron chi connectivity index (χ3n) is 3.52. The topological polar surface area (TPSA) is 83.0 Å². The Morgan fingerprint density at radius 1 is 1.40 bits per heavy atom. The molecule has 0 amide bonds. The quantitative estimate of drug-likeness (QED) is 0.799. The highest BCUT2D eigenvalue weighted by Gasteiger charge is 2.41. The molecule has 6 nitrogen and oxygen atoms in total. The van der Waals surface area contributed by atoms with Crippen LogP contribution >= 0.6 is 0 Å². The maximum atomic E-state index is 12.3. The minimum Gasteiger partial charge on any atom is -0.468 e. The fraction of sp³-hybridized carbons (Fsp3) is 0.357. The van der Waals surface area contributed by atoms with E-state index < -0.39 is 5.41 Å². The van der Waals surface area contributed by atoms with Crippen molar-refractivity contribution in [1.82, 2.24) is 14.8 Å². The first-order valence-electron chi connectivity index (χ1n) is 6.31. The molecule has 2 rings (SSSR count). The Bertz CT molecular complexity index is 582. The Kier molecular flexibility index (Phi) is 4.14. The number of carbonyl (C=O) groups is 1. The maximum Gasteiger partial charge on any atom is 0.318 e. The Hall–Kier alpha value is -2.21. The van der Waals surface area contributed by atoms with Crippen LogP contribution in [-0.4, -0.2) is 34.4 Å². The van der Waals surface area contributed by atoms with Crippen LogP contribution in [0.4, 0.5) is 0 Å². The summed E-state index contributed by atoms with van der Waals surface area (Å²) >= 11 is 0. The number of esters is 1. The smallest absolute Gasteiger partial charge is 0.318 e. The summed E-state index contributed by atoms with van der Waals surface area (Å²) < 4.78 is 6.61. The third kappa shape index (κ3) is 2.42. The average Bonchev–Trinajstić information content (AvgIpc) is 2.90. The van der Waals surface area contributed by atoms with E-state index in [2.05, 4.69) is 10.1 Å². The zero-order valence-corrected chi connectivity index (χ0v) is 11.6. The first-order chi connectivity index (χ1) is 9.64. The molecule has 0 aliphatic heterocycles. The Morgan fingerprint density at radius 3 is 2.60 bits per heavy atom. The van der Waals surface area contributed by atoms with Gasteiger partial charge in [-0.1, -0.05) is 30.3 Å². The van der Waals surface area contributed by atoms with E-state index in [0.29, 0.717) is 12.2 Å². The molecule has 0 saturated carbocycles. The number of aryl methyl sites for hydroxylation is 1. The van der Waals surface area contributed by atoms with Crippen molar-refractivity contribution in [3.05, 3.63) is 48.0 Å². The zero-order chi connectivity index (χ0) is 14.6. The summed E-state index contributed by atoms with van der Waals surface area (Å²) in [5, 5.41) is 4.03. The number of aromatic nitrogens is 3. The van der Waals surface area contributed by atoms with Gasteiger partial charge in [0.2, 0.25) is 0 Å². The zero-order valence-electron chi connectivity index (χ0n) is 11.6. The molecule has 1 atom stereocenters. The minimum absolute atomic E-state index is 0.135. The van der Waals surface area contributed by atoms with E-state index in [-0.39, 0.29) is 12.5 Å². The summed E-state index contributed by atoms with van der Waals surface area (Å²) in [6, 6.07) is 9.39. The van der Waals surface area contributed by atoms with Crippen LogP contribution in [0.2, 0.25) is 0 Å². The Balaban J connectivity index is 2.48. The van der Waals surface area contributed by atoms with Gasteiger partial charge >= 0.3 is 5.97 Å². The molecule has 0 aliphatic carbocycles. The van der Waals surface area contributed by atoms with Gasteiger partial charge in [-0.3, -0.25) is 9.48 Å². The number of nitrogens with zero attached hydrogens (tertiary/aromatic N) is 3. The predicted molar refractivity (Wildman–Crippen MR) is 73.9 cm³/mol. The van der Waals surface area contributed by atoms with E-state index in [4.69, 9.17) is 10.5 Å². The highest BCUT2D eigenvalue weighted by molar-refractivity contribution is 5.83. The van der Waals surface area contributed by atoms with Crippen molar-refractivity contribution in [3.8, 4) is 0 Å². The van der Waals surface area contributed by atoms with Gasteiger partial charge in [0, 0.05) is 20.0 Å². The molecule has 1 aromatic heterocycles. The van der Waals surface area contributed by atoms with Crippen LogP contribution in [0.3, 0.4) is 0 Å². The van der Waals surface area contributed by atoms with Crippen LogP contribution in [0.25, 0.3) is 0 Å². The number of nitrogens with two attached hydrogens (primary N) is 1. The molecule has 1 heterocycles. The SMILES string of the molecule is COC(=O)C(CN)(Cc1ncnn1C)c1ccccc1. The van der Waals surface area contributed by atoms with Crippen LogP contribution in [0, 0.1) is 0 Å². The Morgan fingerprint density at radius 2 is 2.10 bits per heavy atom. The molecule has 0 aliphatic rings. The third-order valence-corrected chi connectivity index (χ3v) is 3.52. The van der Waals surface area contributed by atoms with E-state index in [9.17, 15) is 4.79 Å². The summed E-state index contributed by atoms with van der Waals surface area (Å²) in [6.07, 6.45) is 1.80. The number of rotatable bonds is 5. The van der Waals surface area contributed by atoms with Gasteiger partial charge in [-0.2, -0.15) is 5.10 Å². The second-order valence-corrected chi connectivity index (χ2v) is 4.62. The lowest BCUT2D eigenvalue weighted by Gasteiger charge is -2.29. The number of hydrogen-bond acceptors (Lipinski definition) is 5. The number of methoxy groups -OCH3 is 1. The van der Waals surface area contributed by atoms with Gasteiger partial charge in [-0.25, -0.2) is 4.98 Å². The highest BCUT2D eigenvalue weighted by Crippen LogP contribution is 2.28. The molecule has 20 heavy (non-hydrogen) atoms. The molecular weight excluding hydrogens is 256 g/mol. The fourth-order valence-electron chi connectivity index (χ4n) is 2.27. The van der Waals surface area contributed by atoms with Crippen molar-refractivity contribution < 1.29 is 9.53 Å². The molecule has 6 heteroatoms. The maximum absolute atomic E-state index is 12.3. The lowest BCUT2D eigenvalue weighted by atomic mass is 9.77. The van der Waals surface area contributed by atoms with E-state index in [0.717, 1.165) is 5.56 Å². The number of carbonyl (C=O) groups excluding carboxylic acids is 1. The molecule has 1 unspecified atom stereocenters. The minimum atomic E-state index is -0.948. The Labute approximate surface area is 117 Å². The summed E-state index contributed by atoms with van der Waals surface area (Å²) in [5.74, 6) is 0.318. The lowest BCUT2D eigenvalue weighted by molar-refractivity contribution is -0.147. The summed E-state index contributed by atoms with van der Waals surface area (Å²) in [6.45, 7) is 0.135. The van der Waals surface area contributed by atoms with Gasteiger partial charge < -0.3 is 10.5 Å². The molecule has 1 aromatic carbocycles. The second-order valence-electron chi connectivity index (χ2n) is 4.62. The van der Waals surface area contributed by atoms with Crippen molar-refractivity contribution in [1.29, 1.82) is 0 Å². The van der Waals surface area contributed by atoms with Crippen molar-refractivity contribution in [2.45, 2.75) is 11.8 Å². The first-order valence-corrected chi connectivity index (χ1v) is 6.31. The molecule has 0 radical (unpaired) electrons. The van der Waals surface area contributed by atoms with Gasteiger partial charge in [-0.05, 0) is 5.56 Å². The molecule has 0 saturated heterocycles. The number of hydrogen-bond donors (Lipinski definition) is 1. The molecule has 2 aromatic rings. The van der Waals surface area contributed by atoms with E-state index in [1.165, 1.54) is 13.4 Å². The van der Waals surface area contributed by atoms with Crippen LogP contribution in [0.5, 0.6) is 0 Å². The molecule has 106 valence electrons. The van der Waals surface area contributed by atoms with Crippen molar-refractivity contribution in [2.75, 3.05) is 13.7 Å². The van der Waals surface area contributed by atoms with Gasteiger partial charge in [0.25, 0.3) is 0 Å². The molecule has 0 spiro atoms. The van der Waals surface area contributed by atoms with E-state index in [1.54, 1.807) is 11.7 Å². The average molecular weight is 274 g/mol. The summed E-state index contributed by atoms with van der Waals surface area (Å²) in [5.41, 5.74) is 5.79. The van der Waals surface area contributed by atoms with Crippen molar-refractivity contribution in [2.24, 2.45) is 12.8 Å². The molecule has 0 fully saturated rings. The van der Waals surface area contributed by atoms with Gasteiger partial charge in [0.1, 0.15) is 17.6 Å². The van der Waals surface area contributed by atoms with Gasteiger partial charge in [0.15, 0.2) is 0 Å². The molecular formula is C14H18N4O2. The van der Waals surface area contributed by atoms with E-state index >= 15 is 0 Å². The van der Waals surface area contributed by atoms with Crippen LogP contribution < -0.4 is 5.73 Å². The fourth-order valence-corrected chi connectivity index (χ4v) is 2.27. The first kappa shape index (κ1) is 14.2. The van der Waals surface area contributed by atoms with Gasteiger partial charge in [-0.15, -0.1) is 0 Å². The molecule has 0 bridgehead atoms.